The first-order valence-corrected chi connectivity index (χ1v) is 4.31. The molecule has 0 saturated carbocycles. The molecule has 0 saturated heterocycles. The number of carbonyl (C=O) groups is 1. The third kappa shape index (κ3) is 2.48. The van der Waals surface area contributed by atoms with E-state index in [1.807, 2.05) is 0 Å². The summed E-state index contributed by atoms with van der Waals surface area (Å²) < 4.78 is 17.3. The van der Waals surface area contributed by atoms with Gasteiger partial charge in [0, 0.05) is 11.6 Å². The number of nitrogens with zero attached hydrogens (tertiary/aromatic N) is 1. The molecule has 0 aliphatic carbocycles. The minimum atomic E-state index is -1.99. The molecule has 8 heteroatoms. The van der Waals surface area contributed by atoms with Crippen molar-refractivity contribution >= 4 is 11.7 Å². The first-order chi connectivity index (χ1) is 7.88. The zero-order chi connectivity index (χ0) is 13.2. The number of methoxy groups -OCH3 is 1. The highest BCUT2D eigenvalue weighted by Crippen LogP contribution is 2.31. The number of phenols is 1. The van der Waals surface area contributed by atoms with Crippen molar-refractivity contribution in [2.24, 2.45) is 0 Å². The smallest absolute Gasteiger partial charge is 0.339 e. The molecular weight excluding hydrogens is 237 g/mol. The van der Waals surface area contributed by atoms with Crippen LogP contribution in [-0.2, 0) is 9.53 Å². The summed E-state index contributed by atoms with van der Waals surface area (Å²) in [5, 5.41) is 29.1. The number of carbonyl (C=O) groups excluding carboxylic acids is 1. The quantitative estimate of drug-likeness (QED) is 0.459. The molecule has 0 bridgehead atoms. The fraction of sp³-hybridized carbons (Fsp3) is 0.222. The van der Waals surface area contributed by atoms with E-state index in [1.54, 1.807) is 0 Å². The molecule has 0 radical (unpaired) electrons. The maximum atomic E-state index is 13.1. The second-order valence-electron chi connectivity index (χ2n) is 3.05. The van der Waals surface area contributed by atoms with Gasteiger partial charge in [0.15, 0.2) is 17.7 Å². The number of aliphatic hydroxyl groups is 1. The number of aliphatic hydroxyl groups excluding tert-OH is 1. The van der Waals surface area contributed by atoms with E-state index in [0.717, 1.165) is 7.11 Å². The molecule has 1 aromatic rings. The molecule has 0 aromatic heterocycles. The number of rotatable bonds is 3. The molecule has 0 fully saturated rings. The highest BCUT2D eigenvalue weighted by molar-refractivity contribution is 5.77. The standard InChI is InChI=1S/C9H8FNO6/c1-17-9(14)8(13)5-2-4(11(15)16)3-6(10)7(5)12/h2-3,8,12-13H,1H3. The molecule has 17 heavy (non-hydrogen) atoms. The van der Waals surface area contributed by atoms with Gasteiger partial charge in [-0.05, 0) is 0 Å². The van der Waals surface area contributed by atoms with Gasteiger partial charge in [-0.2, -0.15) is 0 Å². The Kier molecular flexibility index (Phi) is 3.59. The first kappa shape index (κ1) is 12.8. The van der Waals surface area contributed by atoms with E-state index in [-0.39, 0.29) is 0 Å². The molecule has 0 spiro atoms. The molecule has 0 aliphatic rings. The second-order valence-corrected chi connectivity index (χ2v) is 3.05. The van der Waals surface area contributed by atoms with Crippen LogP contribution in [0.5, 0.6) is 5.75 Å². The lowest BCUT2D eigenvalue weighted by Crippen LogP contribution is -2.14. The molecule has 0 amide bonds. The van der Waals surface area contributed by atoms with Crippen LogP contribution >= 0.6 is 0 Å². The summed E-state index contributed by atoms with van der Waals surface area (Å²) in [7, 11) is 0.969. The molecule has 1 atom stereocenters. The monoisotopic (exact) mass is 245 g/mol. The van der Waals surface area contributed by atoms with E-state index < -0.39 is 39.8 Å². The third-order valence-electron chi connectivity index (χ3n) is 2.01. The first-order valence-electron chi connectivity index (χ1n) is 4.31. The minimum Gasteiger partial charge on any atom is -0.505 e. The Hall–Kier alpha value is -2.22. The zero-order valence-electron chi connectivity index (χ0n) is 8.58. The van der Waals surface area contributed by atoms with Crippen LogP contribution in [0.3, 0.4) is 0 Å². The van der Waals surface area contributed by atoms with Crippen LogP contribution in [0.2, 0.25) is 0 Å². The summed E-state index contributed by atoms with van der Waals surface area (Å²) in [4.78, 5) is 20.5. The number of halogens is 1. The number of esters is 1. The molecule has 7 nitrogen and oxygen atoms in total. The Morgan fingerprint density at radius 1 is 1.59 bits per heavy atom. The summed E-state index contributed by atoms with van der Waals surface area (Å²) in [5.74, 6) is -3.51. The lowest BCUT2D eigenvalue weighted by Gasteiger charge is -2.10. The Balaban J connectivity index is 3.31. The Morgan fingerprint density at radius 2 is 2.18 bits per heavy atom. The van der Waals surface area contributed by atoms with Gasteiger partial charge < -0.3 is 14.9 Å². The number of hydrogen-bond acceptors (Lipinski definition) is 6. The van der Waals surface area contributed by atoms with Crippen LogP contribution in [0.25, 0.3) is 0 Å². The number of non-ortho nitro benzene ring substituents is 1. The number of benzene rings is 1. The van der Waals surface area contributed by atoms with Gasteiger partial charge >= 0.3 is 5.97 Å². The maximum Gasteiger partial charge on any atom is 0.339 e. The van der Waals surface area contributed by atoms with Gasteiger partial charge in [0.05, 0.1) is 18.1 Å². The highest BCUT2D eigenvalue weighted by atomic mass is 19.1. The van der Waals surface area contributed by atoms with Crippen LogP contribution in [0.4, 0.5) is 10.1 Å². The van der Waals surface area contributed by atoms with Crippen LogP contribution in [-0.4, -0.2) is 28.2 Å². The lowest BCUT2D eigenvalue weighted by molar-refractivity contribution is -0.385. The highest BCUT2D eigenvalue weighted by Gasteiger charge is 2.26. The molecule has 2 N–H and O–H groups in total. The SMILES string of the molecule is COC(=O)C(O)c1cc([N+](=O)[O-])cc(F)c1O. The normalized spacial score (nSPS) is 11.9. The van der Waals surface area contributed by atoms with E-state index in [9.17, 15) is 29.5 Å². The predicted octanol–water partition coefficient (Wildman–Crippen LogP) is 0.646. The van der Waals surface area contributed by atoms with Crippen LogP contribution in [0.1, 0.15) is 11.7 Å². The zero-order valence-corrected chi connectivity index (χ0v) is 8.58. The summed E-state index contributed by atoms with van der Waals surface area (Å²) in [5.41, 5.74) is -1.32. The lowest BCUT2D eigenvalue weighted by atomic mass is 10.1. The predicted molar refractivity (Wildman–Crippen MR) is 51.7 cm³/mol. The van der Waals surface area contributed by atoms with Crippen LogP contribution < -0.4 is 0 Å². The second kappa shape index (κ2) is 4.74. The fourth-order valence-corrected chi connectivity index (χ4v) is 1.16. The average molecular weight is 245 g/mol. The number of phenolic OH excluding ortho intramolecular Hbond substituents is 1. The van der Waals surface area contributed by atoms with E-state index >= 15 is 0 Å². The number of nitro groups is 1. The summed E-state index contributed by atoms with van der Waals surface area (Å²) in [6.45, 7) is 0. The van der Waals surface area contributed by atoms with E-state index in [4.69, 9.17) is 0 Å². The van der Waals surface area contributed by atoms with Gasteiger partial charge in [-0.1, -0.05) is 0 Å². The van der Waals surface area contributed by atoms with Gasteiger partial charge in [0.2, 0.25) is 0 Å². The van der Waals surface area contributed by atoms with Gasteiger partial charge in [-0.25, -0.2) is 9.18 Å². The van der Waals surface area contributed by atoms with E-state index in [1.165, 1.54) is 0 Å². The number of hydrogen-bond donors (Lipinski definition) is 2. The number of ether oxygens (including phenoxy) is 1. The van der Waals surface area contributed by atoms with Crippen molar-refractivity contribution in [1.82, 2.24) is 0 Å². The van der Waals surface area contributed by atoms with Gasteiger partial charge in [-0.15, -0.1) is 0 Å². The Labute approximate surface area is 94.2 Å². The van der Waals surface area contributed by atoms with Crippen molar-refractivity contribution in [3.05, 3.63) is 33.6 Å². The average Bonchev–Trinajstić information content (AvgIpc) is 2.30. The van der Waals surface area contributed by atoms with Gasteiger partial charge in [-0.3, -0.25) is 10.1 Å². The minimum absolute atomic E-state index is 0.475. The molecule has 1 unspecified atom stereocenters. The largest absolute Gasteiger partial charge is 0.505 e. The van der Waals surface area contributed by atoms with Crippen LogP contribution in [0, 0.1) is 15.9 Å². The van der Waals surface area contributed by atoms with E-state index in [0.29, 0.717) is 12.1 Å². The molecular formula is C9H8FNO6. The summed E-state index contributed by atoms with van der Waals surface area (Å²) in [6.07, 6.45) is -1.99. The molecule has 1 aromatic carbocycles. The van der Waals surface area contributed by atoms with Crippen LogP contribution in [0.15, 0.2) is 12.1 Å². The molecule has 0 heterocycles. The van der Waals surface area contributed by atoms with Crippen molar-refractivity contribution < 1.29 is 29.1 Å². The van der Waals surface area contributed by atoms with Crippen molar-refractivity contribution in [2.75, 3.05) is 7.11 Å². The number of aromatic hydroxyl groups is 1. The van der Waals surface area contributed by atoms with Crippen molar-refractivity contribution in [3.63, 3.8) is 0 Å². The molecule has 92 valence electrons. The van der Waals surface area contributed by atoms with Crippen molar-refractivity contribution in [3.8, 4) is 5.75 Å². The van der Waals surface area contributed by atoms with Crippen molar-refractivity contribution in [2.45, 2.75) is 6.10 Å². The van der Waals surface area contributed by atoms with Gasteiger partial charge in [0.25, 0.3) is 5.69 Å². The van der Waals surface area contributed by atoms with Crippen molar-refractivity contribution in [1.29, 1.82) is 0 Å². The fourth-order valence-electron chi connectivity index (χ4n) is 1.16. The topological polar surface area (TPSA) is 110 Å². The molecule has 1 rings (SSSR count). The van der Waals surface area contributed by atoms with E-state index in [2.05, 4.69) is 4.74 Å². The maximum absolute atomic E-state index is 13.1. The summed E-state index contributed by atoms with van der Waals surface area (Å²) in [6, 6.07) is 1.17. The Bertz CT molecular complexity index is 475. The summed E-state index contributed by atoms with van der Waals surface area (Å²) >= 11 is 0. The Morgan fingerprint density at radius 3 is 2.65 bits per heavy atom. The molecule has 0 aliphatic heterocycles. The third-order valence-corrected chi connectivity index (χ3v) is 2.01. The van der Waals surface area contributed by atoms with Gasteiger partial charge in [0.1, 0.15) is 0 Å². The number of nitro benzene ring substituents is 1.